The standard InChI is InChI=1S/C14H21N3O2/c1-19-14(18)13-7-4-5-11(16-13)10-17-8-3-2-6-12(17)9-15/h4-5,7,12H,2-3,6,8-10,15H2,1H3. The number of carbonyl (C=O) groups excluding carboxylic acids is 1. The van der Waals surface area contributed by atoms with Crippen molar-refractivity contribution in [1.82, 2.24) is 9.88 Å². The third-order valence-electron chi connectivity index (χ3n) is 3.59. The molecule has 1 saturated heterocycles. The summed E-state index contributed by atoms with van der Waals surface area (Å²) in [4.78, 5) is 18.2. The van der Waals surface area contributed by atoms with Gasteiger partial charge in [-0.15, -0.1) is 0 Å². The summed E-state index contributed by atoms with van der Waals surface area (Å²) in [6, 6.07) is 5.88. The molecule has 1 unspecified atom stereocenters. The highest BCUT2D eigenvalue weighted by molar-refractivity contribution is 5.87. The summed E-state index contributed by atoms with van der Waals surface area (Å²) in [5.74, 6) is -0.393. The van der Waals surface area contributed by atoms with E-state index in [9.17, 15) is 4.79 Å². The molecular weight excluding hydrogens is 242 g/mol. The topological polar surface area (TPSA) is 68.5 Å². The van der Waals surface area contributed by atoms with E-state index in [1.807, 2.05) is 12.1 Å². The molecule has 5 nitrogen and oxygen atoms in total. The number of carbonyl (C=O) groups is 1. The Kier molecular flexibility index (Phi) is 4.87. The minimum absolute atomic E-state index is 0.362. The molecule has 0 aromatic carbocycles. The number of hydrogen-bond acceptors (Lipinski definition) is 5. The first-order valence-corrected chi connectivity index (χ1v) is 6.73. The zero-order chi connectivity index (χ0) is 13.7. The highest BCUT2D eigenvalue weighted by Crippen LogP contribution is 2.18. The molecule has 0 amide bonds. The van der Waals surface area contributed by atoms with Gasteiger partial charge < -0.3 is 10.5 Å². The second kappa shape index (κ2) is 6.63. The van der Waals surface area contributed by atoms with Crippen LogP contribution in [0.15, 0.2) is 18.2 Å². The van der Waals surface area contributed by atoms with Gasteiger partial charge in [-0.1, -0.05) is 12.5 Å². The number of esters is 1. The minimum atomic E-state index is -0.393. The van der Waals surface area contributed by atoms with Gasteiger partial charge in [-0.25, -0.2) is 9.78 Å². The van der Waals surface area contributed by atoms with Crippen LogP contribution in [0.25, 0.3) is 0 Å². The van der Waals surface area contributed by atoms with Gasteiger partial charge in [0.15, 0.2) is 0 Å². The van der Waals surface area contributed by atoms with Gasteiger partial charge in [-0.3, -0.25) is 4.90 Å². The van der Waals surface area contributed by atoms with Gasteiger partial charge in [-0.05, 0) is 31.5 Å². The Hall–Kier alpha value is -1.46. The van der Waals surface area contributed by atoms with Crippen LogP contribution in [0.2, 0.25) is 0 Å². The molecule has 1 aliphatic rings. The van der Waals surface area contributed by atoms with Crippen molar-refractivity contribution in [3.63, 3.8) is 0 Å². The SMILES string of the molecule is COC(=O)c1cccc(CN2CCCCC2CN)n1. The van der Waals surface area contributed by atoms with E-state index in [1.165, 1.54) is 20.0 Å². The number of nitrogens with zero attached hydrogens (tertiary/aromatic N) is 2. The maximum atomic E-state index is 11.5. The molecule has 0 radical (unpaired) electrons. The van der Waals surface area contributed by atoms with Crippen LogP contribution in [-0.2, 0) is 11.3 Å². The van der Waals surface area contributed by atoms with Gasteiger partial charge in [0, 0.05) is 19.1 Å². The van der Waals surface area contributed by atoms with E-state index in [0.717, 1.165) is 25.2 Å². The lowest BCUT2D eigenvalue weighted by Crippen LogP contribution is -2.43. The average Bonchev–Trinajstić information content (AvgIpc) is 2.47. The molecule has 2 rings (SSSR count). The van der Waals surface area contributed by atoms with Crippen molar-refractivity contribution in [1.29, 1.82) is 0 Å². The van der Waals surface area contributed by atoms with Crippen LogP contribution in [0, 0.1) is 0 Å². The molecule has 1 fully saturated rings. The number of nitrogens with two attached hydrogens (primary N) is 1. The van der Waals surface area contributed by atoms with E-state index in [1.54, 1.807) is 6.07 Å². The number of pyridine rings is 1. The molecular formula is C14H21N3O2. The van der Waals surface area contributed by atoms with Crippen LogP contribution in [0.4, 0.5) is 0 Å². The monoisotopic (exact) mass is 263 g/mol. The van der Waals surface area contributed by atoms with Crippen molar-refractivity contribution in [2.75, 3.05) is 20.2 Å². The first-order valence-electron chi connectivity index (χ1n) is 6.73. The van der Waals surface area contributed by atoms with Gasteiger partial charge in [0.2, 0.25) is 0 Å². The summed E-state index contributed by atoms with van der Waals surface area (Å²) in [7, 11) is 1.37. The summed E-state index contributed by atoms with van der Waals surface area (Å²) in [5, 5.41) is 0. The maximum absolute atomic E-state index is 11.5. The molecule has 0 aliphatic carbocycles. The summed E-state index contributed by atoms with van der Waals surface area (Å²) < 4.78 is 4.69. The number of piperidine rings is 1. The highest BCUT2D eigenvalue weighted by Gasteiger charge is 2.21. The van der Waals surface area contributed by atoms with Crippen LogP contribution in [-0.4, -0.2) is 42.1 Å². The Morgan fingerprint density at radius 2 is 2.37 bits per heavy atom. The lowest BCUT2D eigenvalue weighted by Gasteiger charge is -2.34. The van der Waals surface area contributed by atoms with E-state index >= 15 is 0 Å². The van der Waals surface area contributed by atoms with Gasteiger partial charge in [0.1, 0.15) is 5.69 Å². The molecule has 5 heteroatoms. The van der Waals surface area contributed by atoms with Crippen LogP contribution < -0.4 is 5.73 Å². The fourth-order valence-corrected chi connectivity index (χ4v) is 2.53. The van der Waals surface area contributed by atoms with E-state index in [-0.39, 0.29) is 0 Å². The highest BCUT2D eigenvalue weighted by atomic mass is 16.5. The quantitative estimate of drug-likeness (QED) is 0.826. The molecule has 0 bridgehead atoms. The predicted octanol–water partition coefficient (Wildman–Crippen LogP) is 1.18. The zero-order valence-electron chi connectivity index (χ0n) is 11.3. The van der Waals surface area contributed by atoms with Crippen molar-refractivity contribution in [3.8, 4) is 0 Å². The number of hydrogen-bond donors (Lipinski definition) is 1. The van der Waals surface area contributed by atoms with Gasteiger partial charge in [0.25, 0.3) is 0 Å². The predicted molar refractivity (Wildman–Crippen MR) is 72.7 cm³/mol. The van der Waals surface area contributed by atoms with E-state index in [2.05, 4.69) is 14.6 Å². The average molecular weight is 263 g/mol. The third-order valence-corrected chi connectivity index (χ3v) is 3.59. The van der Waals surface area contributed by atoms with Crippen molar-refractivity contribution in [2.45, 2.75) is 31.8 Å². The number of rotatable bonds is 4. The largest absolute Gasteiger partial charge is 0.464 e. The molecule has 0 spiro atoms. The number of methoxy groups -OCH3 is 1. The molecule has 19 heavy (non-hydrogen) atoms. The first-order chi connectivity index (χ1) is 9.24. The molecule has 1 aromatic rings. The Labute approximate surface area is 113 Å². The Bertz CT molecular complexity index is 436. The zero-order valence-corrected chi connectivity index (χ0v) is 11.3. The molecule has 1 aliphatic heterocycles. The lowest BCUT2D eigenvalue weighted by atomic mass is 10.0. The van der Waals surface area contributed by atoms with Gasteiger partial charge in [-0.2, -0.15) is 0 Å². The van der Waals surface area contributed by atoms with Crippen molar-refractivity contribution in [2.24, 2.45) is 5.73 Å². The number of aromatic nitrogens is 1. The van der Waals surface area contributed by atoms with Crippen LogP contribution in [0.3, 0.4) is 0 Å². The summed E-state index contributed by atoms with van der Waals surface area (Å²) in [6.45, 7) is 2.47. The fourth-order valence-electron chi connectivity index (χ4n) is 2.53. The summed E-state index contributed by atoms with van der Waals surface area (Å²) in [5.41, 5.74) is 7.06. The van der Waals surface area contributed by atoms with Crippen LogP contribution in [0.5, 0.6) is 0 Å². The second-order valence-corrected chi connectivity index (χ2v) is 4.86. The van der Waals surface area contributed by atoms with Gasteiger partial charge >= 0.3 is 5.97 Å². The Morgan fingerprint density at radius 1 is 1.53 bits per heavy atom. The second-order valence-electron chi connectivity index (χ2n) is 4.86. The van der Waals surface area contributed by atoms with Crippen molar-refractivity contribution in [3.05, 3.63) is 29.6 Å². The van der Waals surface area contributed by atoms with Crippen molar-refractivity contribution >= 4 is 5.97 Å². The lowest BCUT2D eigenvalue weighted by molar-refractivity contribution is 0.0593. The van der Waals surface area contributed by atoms with Gasteiger partial charge in [0.05, 0.1) is 12.8 Å². The molecule has 2 N–H and O–H groups in total. The minimum Gasteiger partial charge on any atom is -0.464 e. The normalized spacial score (nSPS) is 20.2. The molecule has 104 valence electrons. The van der Waals surface area contributed by atoms with Crippen molar-refractivity contribution < 1.29 is 9.53 Å². The van der Waals surface area contributed by atoms with E-state index in [4.69, 9.17) is 5.73 Å². The first kappa shape index (κ1) is 14.0. The van der Waals surface area contributed by atoms with E-state index < -0.39 is 5.97 Å². The number of ether oxygens (including phenoxy) is 1. The fraction of sp³-hybridized carbons (Fsp3) is 0.571. The summed E-state index contributed by atoms with van der Waals surface area (Å²) in [6.07, 6.45) is 3.59. The summed E-state index contributed by atoms with van der Waals surface area (Å²) >= 11 is 0. The Balaban J connectivity index is 2.07. The molecule has 0 saturated carbocycles. The molecule has 2 heterocycles. The van der Waals surface area contributed by atoms with E-state index in [0.29, 0.717) is 18.3 Å². The smallest absolute Gasteiger partial charge is 0.356 e. The molecule has 1 aromatic heterocycles. The van der Waals surface area contributed by atoms with Crippen LogP contribution >= 0.6 is 0 Å². The third kappa shape index (κ3) is 3.52. The Morgan fingerprint density at radius 3 is 3.11 bits per heavy atom. The maximum Gasteiger partial charge on any atom is 0.356 e. The van der Waals surface area contributed by atoms with Crippen LogP contribution in [0.1, 0.15) is 35.4 Å². The molecule has 1 atom stereocenters. The number of likely N-dealkylation sites (tertiary alicyclic amines) is 1.